The predicted octanol–water partition coefficient (Wildman–Crippen LogP) is 2.81. The monoisotopic (exact) mass is 238 g/mol. The second kappa shape index (κ2) is 6.43. The lowest BCUT2D eigenvalue weighted by molar-refractivity contribution is -0.386. The number of nitrogens with zero attached hydrogens (tertiary/aromatic N) is 2. The number of hydrogen-bond acceptors (Lipinski definition) is 4. The zero-order chi connectivity index (χ0) is 12.7. The summed E-state index contributed by atoms with van der Waals surface area (Å²) in [6, 6.07) is 5.16. The molecule has 17 heavy (non-hydrogen) atoms. The van der Waals surface area contributed by atoms with Gasteiger partial charge in [-0.1, -0.05) is 0 Å². The maximum absolute atomic E-state index is 12.8. The number of nitriles is 1. The summed E-state index contributed by atoms with van der Waals surface area (Å²) in [6.45, 7) is 0.272. The molecule has 0 aliphatic rings. The van der Waals surface area contributed by atoms with E-state index >= 15 is 0 Å². The Balaban J connectivity index is 2.59. The van der Waals surface area contributed by atoms with Crippen LogP contribution in [0.2, 0.25) is 0 Å². The van der Waals surface area contributed by atoms with Gasteiger partial charge in [-0.15, -0.1) is 0 Å². The molecule has 0 N–H and O–H groups in total. The molecular weight excluding hydrogens is 227 g/mol. The third kappa shape index (κ3) is 4.07. The van der Waals surface area contributed by atoms with Crippen LogP contribution in [-0.4, -0.2) is 11.5 Å². The largest absolute Gasteiger partial charge is 0.487 e. The van der Waals surface area contributed by atoms with Crippen molar-refractivity contribution in [2.24, 2.45) is 0 Å². The lowest BCUT2D eigenvalue weighted by atomic mass is 10.2. The van der Waals surface area contributed by atoms with E-state index in [1.165, 1.54) is 6.07 Å². The number of ether oxygens (including phenoxy) is 1. The molecule has 1 aromatic carbocycles. The fourth-order valence-electron chi connectivity index (χ4n) is 1.24. The van der Waals surface area contributed by atoms with Gasteiger partial charge in [0.2, 0.25) is 0 Å². The number of hydrogen-bond donors (Lipinski definition) is 0. The first-order valence-corrected chi connectivity index (χ1v) is 5.09. The summed E-state index contributed by atoms with van der Waals surface area (Å²) in [5.74, 6) is -0.623. The third-order valence-electron chi connectivity index (χ3n) is 2.06. The van der Waals surface area contributed by atoms with Crippen LogP contribution in [0.4, 0.5) is 10.1 Å². The highest BCUT2D eigenvalue weighted by Crippen LogP contribution is 2.27. The Labute approximate surface area is 97.6 Å². The van der Waals surface area contributed by atoms with E-state index in [1.807, 2.05) is 6.07 Å². The predicted molar refractivity (Wildman–Crippen MR) is 58.0 cm³/mol. The van der Waals surface area contributed by atoms with E-state index in [2.05, 4.69) is 0 Å². The van der Waals surface area contributed by atoms with Crippen LogP contribution in [0.3, 0.4) is 0 Å². The third-order valence-corrected chi connectivity index (χ3v) is 2.06. The molecule has 0 aromatic heterocycles. The van der Waals surface area contributed by atoms with E-state index in [4.69, 9.17) is 10.00 Å². The molecule has 0 bridgehead atoms. The Morgan fingerprint density at radius 3 is 2.88 bits per heavy atom. The molecular formula is C11H11FN2O3. The van der Waals surface area contributed by atoms with Crippen LogP contribution in [0.5, 0.6) is 5.75 Å². The summed E-state index contributed by atoms with van der Waals surface area (Å²) in [5, 5.41) is 18.9. The van der Waals surface area contributed by atoms with Crippen molar-refractivity contribution in [1.29, 1.82) is 5.26 Å². The highest BCUT2D eigenvalue weighted by Gasteiger charge is 2.15. The van der Waals surface area contributed by atoms with Gasteiger partial charge in [0.15, 0.2) is 5.75 Å². The number of nitro groups is 1. The summed E-state index contributed by atoms with van der Waals surface area (Å²) in [4.78, 5) is 9.94. The van der Waals surface area contributed by atoms with Crippen LogP contribution < -0.4 is 4.74 Å². The average Bonchev–Trinajstić information content (AvgIpc) is 2.30. The van der Waals surface area contributed by atoms with Gasteiger partial charge in [-0.25, -0.2) is 4.39 Å². The molecule has 0 saturated carbocycles. The lowest BCUT2D eigenvalue weighted by Gasteiger charge is -2.05. The number of halogens is 1. The molecule has 0 heterocycles. The summed E-state index contributed by atoms with van der Waals surface area (Å²) >= 11 is 0. The van der Waals surface area contributed by atoms with Crippen LogP contribution in [0.1, 0.15) is 19.3 Å². The van der Waals surface area contributed by atoms with Crippen molar-refractivity contribution in [3.05, 3.63) is 34.1 Å². The van der Waals surface area contributed by atoms with Crippen molar-refractivity contribution >= 4 is 5.69 Å². The smallest absolute Gasteiger partial charge is 0.313 e. The molecule has 0 aliphatic heterocycles. The Morgan fingerprint density at radius 1 is 1.47 bits per heavy atom. The maximum Gasteiger partial charge on any atom is 0.313 e. The molecule has 90 valence electrons. The number of nitro benzene ring substituents is 1. The van der Waals surface area contributed by atoms with Crippen LogP contribution >= 0.6 is 0 Å². The summed E-state index contributed by atoms with van der Waals surface area (Å²) in [6.07, 6.45) is 1.72. The molecule has 5 nitrogen and oxygen atoms in total. The summed E-state index contributed by atoms with van der Waals surface area (Å²) in [5.41, 5.74) is -0.384. The van der Waals surface area contributed by atoms with Gasteiger partial charge in [-0.05, 0) is 25.0 Å². The highest BCUT2D eigenvalue weighted by atomic mass is 19.1. The quantitative estimate of drug-likeness (QED) is 0.433. The van der Waals surface area contributed by atoms with Gasteiger partial charge in [0.25, 0.3) is 0 Å². The number of rotatable bonds is 6. The first-order chi connectivity index (χ1) is 8.15. The minimum atomic E-state index is -0.687. The molecule has 0 atom stereocenters. The fraction of sp³-hybridized carbons (Fsp3) is 0.364. The molecule has 0 amide bonds. The molecule has 1 rings (SSSR count). The van der Waals surface area contributed by atoms with E-state index in [0.717, 1.165) is 12.1 Å². The van der Waals surface area contributed by atoms with Gasteiger partial charge < -0.3 is 4.74 Å². The molecule has 0 saturated heterocycles. The molecule has 6 heteroatoms. The van der Waals surface area contributed by atoms with Crippen molar-refractivity contribution in [3.63, 3.8) is 0 Å². The van der Waals surface area contributed by atoms with E-state index < -0.39 is 10.7 Å². The van der Waals surface area contributed by atoms with Crippen molar-refractivity contribution in [2.75, 3.05) is 6.61 Å². The van der Waals surface area contributed by atoms with Crippen LogP contribution in [0.15, 0.2) is 18.2 Å². The van der Waals surface area contributed by atoms with Crippen LogP contribution in [-0.2, 0) is 0 Å². The average molecular weight is 238 g/mol. The van der Waals surface area contributed by atoms with Crippen molar-refractivity contribution in [1.82, 2.24) is 0 Å². The first-order valence-electron chi connectivity index (χ1n) is 5.09. The Morgan fingerprint density at radius 2 is 2.24 bits per heavy atom. The van der Waals surface area contributed by atoms with Crippen molar-refractivity contribution in [2.45, 2.75) is 19.3 Å². The SMILES string of the molecule is N#CCCCCOc1ccc(F)cc1[N+](=O)[O-]. The van der Waals surface area contributed by atoms with Crippen molar-refractivity contribution < 1.29 is 14.1 Å². The molecule has 1 aromatic rings. The normalized spacial score (nSPS) is 9.65. The molecule has 0 spiro atoms. The Hall–Kier alpha value is -2.16. The van der Waals surface area contributed by atoms with Gasteiger partial charge in [-0.2, -0.15) is 5.26 Å². The van der Waals surface area contributed by atoms with E-state index in [9.17, 15) is 14.5 Å². The summed E-state index contributed by atoms with van der Waals surface area (Å²) in [7, 11) is 0. The van der Waals surface area contributed by atoms with Gasteiger partial charge >= 0.3 is 5.69 Å². The van der Waals surface area contributed by atoms with Crippen molar-refractivity contribution in [3.8, 4) is 11.8 Å². The van der Waals surface area contributed by atoms with Gasteiger partial charge in [-0.3, -0.25) is 10.1 Å². The molecule has 0 radical (unpaired) electrons. The molecule has 0 unspecified atom stereocenters. The van der Waals surface area contributed by atoms with E-state index in [1.54, 1.807) is 0 Å². The number of unbranched alkanes of at least 4 members (excludes halogenated alkanes) is 2. The van der Waals surface area contributed by atoms with Crippen LogP contribution in [0.25, 0.3) is 0 Å². The second-order valence-corrected chi connectivity index (χ2v) is 3.33. The lowest BCUT2D eigenvalue weighted by Crippen LogP contribution is -2.01. The number of benzene rings is 1. The van der Waals surface area contributed by atoms with Gasteiger partial charge in [0.05, 0.1) is 23.7 Å². The minimum Gasteiger partial charge on any atom is -0.487 e. The zero-order valence-corrected chi connectivity index (χ0v) is 9.06. The standard InChI is InChI=1S/C11H11FN2O3/c12-9-4-5-11(10(8-9)14(15)16)17-7-3-1-2-6-13/h4-5,8H,1-3,7H2. The van der Waals surface area contributed by atoms with E-state index in [0.29, 0.717) is 19.3 Å². The fourth-order valence-corrected chi connectivity index (χ4v) is 1.24. The minimum absolute atomic E-state index is 0.0494. The van der Waals surface area contributed by atoms with Crippen LogP contribution in [0, 0.1) is 27.3 Å². The summed E-state index contributed by atoms with van der Waals surface area (Å²) < 4.78 is 18.0. The Kier molecular flexibility index (Phi) is 4.88. The Bertz CT molecular complexity index is 443. The zero-order valence-electron chi connectivity index (χ0n) is 9.06. The van der Waals surface area contributed by atoms with Gasteiger partial charge in [0.1, 0.15) is 5.82 Å². The highest BCUT2D eigenvalue weighted by molar-refractivity contribution is 5.46. The second-order valence-electron chi connectivity index (χ2n) is 3.33. The molecule has 0 fully saturated rings. The first kappa shape index (κ1) is 12.9. The topological polar surface area (TPSA) is 76.2 Å². The molecule has 0 aliphatic carbocycles. The maximum atomic E-state index is 12.8. The van der Waals surface area contributed by atoms with E-state index in [-0.39, 0.29) is 18.0 Å². The van der Waals surface area contributed by atoms with Gasteiger partial charge in [0, 0.05) is 6.42 Å².